The van der Waals surface area contributed by atoms with Gasteiger partial charge in [0.05, 0.1) is 6.61 Å². The molecule has 1 unspecified atom stereocenters. The third-order valence-electron chi connectivity index (χ3n) is 2.40. The van der Waals surface area contributed by atoms with Crippen molar-refractivity contribution in [1.29, 1.82) is 0 Å². The van der Waals surface area contributed by atoms with Gasteiger partial charge in [0.1, 0.15) is 0 Å². The first-order valence-corrected chi connectivity index (χ1v) is 5.20. The van der Waals surface area contributed by atoms with Crippen LogP contribution in [0.4, 0.5) is 0 Å². The molecular weight excluding hydrogens is 206 g/mol. The molecule has 4 heteroatoms. The molecule has 0 aliphatic carbocycles. The number of rotatable bonds is 3. The van der Waals surface area contributed by atoms with Crippen LogP contribution in [0.1, 0.15) is 20.3 Å². The number of terminal acetylenes is 1. The average molecular weight is 221 g/mol. The van der Waals surface area contributed by atoms with E-state index >= 15 is 0 Å². The first-order chi connectivity index (χ1) is 7.58. The summed E-state index contributed by atoms with van der Waals surface area (Å²) in [4.78, 5) is 24.3. The zero-order chi connectivity index (χ0) is 12.1. The van der Waals surface area contributed by atoms with Crippen LogP contribution in [0.15, 0.2) is 11.8 Å². The number of esters is 1. The number of nitrogens with zero attached hydrogens (tertiary/aromatic N) is 1. The lowest BCUT2D eigenvalue weighted by Crippen LogP contribution is -2.23. The van der Waals surface area contributed by atoms with E-state index in [2.05, 4.69) is 5.92 Å². The van der Waals surface area contributed by atoms with Crippen molar-refractivity contribution in [3.8, 4) is 12.3 Å². The van der Waals surface area contributed by atoms with E-state index in [1.54, 1.807) is 13.8 Å². The molecule has 0 bridgehead atoms. The molecule has 1 fully saturated rings. The number of carbonyl (C=O) groups is 2. The lowest BCUT2D eigenvalue weighted by atomic mass is 10.1. The fourth-order valence-corrected chi connectivity index (χ4v) is 1.59. The fraction of sp³-hybridized carbons (Fsp3) is 0.500. The zero-order valence-corrected chi connectivity index (χ0v) is 9.53. The summed E-state index contributed by atoms with van der Waals surface area (Å²) in [5.74, 6) is 2.02. The highest BCUT2D eigenvalue weighted by Crippen LogP contribution is 2.20. The fourth-order valence-electron chi connectivity index (χ4n) is 1.59. The molecule has 1 heterocycles. The van der Waals surface area contributed by atoms with Crippen LogP contribution in [-0.2, 0) is 14.3 Å². The first-order valence-electron chi connectivity index (χ1n) is 5.20. The number of allylic oxidation sites excluding steroid dienone is 1. The summed E-state index contributed by atoms with van der Waals surface area (Å²) in [6.45, 7) is 4.24. The van der Waals surface area contributed by atoms with E-state index in [9.17, 15) is 9.59 Å². The monoisotopic (exact) mass is 221 g/mol. The van der Waals surface area contributed by atoms with Crippen LogP contribution >= 0.6 is 0 Å². The maximum absolute atomic E-state index is 11.6. The summed E-state index contributed by atoms with van der Waals surface area (Å²) in [5, 5.41) is 0. The van der Waals surface area contributed by atoms with Crippen LogP contribution in [0.25, 0.3) is 0 Å². The predicted molar refractivity (Wildman–Crippen MR) is 59.0 cm³/mol. The van der Waals surface area contributed by atoms with Gasteiger partial charge >= 0.3 is 5.97 Å². The van der Waals surface area contributed by atoms with Gasteiger partial charge in [-0.3, -0.25) is 4.79 Å². The minimum atomic E-state index is -0.433. The van der Waals surface area contributed by atoms with Crippen LogP contribution in [0.3, 0.4) is 0 Å². The van der Waals surface area contributed by atoms with Crippen LogP contribution in [0.2, 0.25) is 0 Å². The van der Waals surface area contributed by atoms with Crippen molar-refractivity contribution in [2.24, 2.45) is 5.92 Å². The standard InChI is InChI=1S/C12H15NO3/c1-4-10-7-11(14)13(8-10)9(3)6-12(15)16-5-2/h1,6,10H,5,7-8H2,2-3H3. The largest absolute Gasteiger partial charge is 0.463 e. The third-order valence-corrected chi connectivity index (χ3v) is 2.40. The Bertz CT molecular complexity index is 365. The van der Waals surface area contributed by atoms with Crippen molar-refractivity contribution >= 4 is 11.9 Å². The van der Waals surface area contributed by atoms with Gasteiger partial charge in [-0.05, 0) is 13.8 Å². The van der Waals surface area contributed by atoms with Gasteiger partial charge in [0.25, 0.3) is 0 Å². The highest BCUT2D eigenvalue weighted by atomic mass is 16.5. The molecule has 1 aliphatic heterocycles. The van der Waals surface area contributed by atoms with Gasteiger partial charge < -0.3 is 9.64 Å². The lowest BCUT2D eigenvalue weighted by Gasteiger charge is -2.15. The van der Waals surface area contributed by atoms with Crippen LogP contribution in [0.5, 0.6) is 0 Å². The second-order valence-electron chi connectivity index (χ2n) is 3.61. The van der Waals surface area contributed by atoms with Gasteiger partial charge in [-0.2, -0.15) is 0 Å². The molecule has 1 saturated heterocycles. The van der Waals surface area contributed by atoms with E-state index in [-0.39, 0.29) is 11.8 Å². The second-order valence-corrected chi connectivity index (χ2v) is 3.61. The van der Waals surface area contributed by atoms with Crippen molar-refractivity contribution in [2.45, 2.75) is 20.3 Å². The van der Waals surface area contributed by atoms with Crippen molar-refractivity contribution in [3.63, 3.8) is 0 Å². The lowest BCUT2D eigenvalue weighted by molar-refractivity contribution is -0.137. The molecule has 0 aromatic carbocycles. The number of likely N-dealkylation sites (tertiary alicyclic amines) is 1. The highest BCUT2D eigenvalue weighted by Gasteiger charge is 2.29. The summed E-state index contributed by atoms with van der Waals surface area (Å²) >= 11 is 0. The minimum Gasteiger partial charge on any atom is -0.463 e. The normalized spacial score (nSPS) is 20.8. The predicted octanol–water partition coefficient (Wildman–Crippen LogP) is 0.935. The molecular formula is C12H15NO3. The Morgan fingerprint density at radius 1 is 1.75 bits per heavy atom. The number of hydrogen-bond donors (Lipinski definition) is 0. The molecule has 1 rings (SSSR count). The summed E-state index contributed by atoms with van der Waals surface area (Å²) in [6.07, 6.45) is 6.94. The van der Waals surface area contributed by atoms with E-state index in [1.807, 2.05) is 0 Å². The molecule has 0 radical (unpaired) electrons. The molecule has 0 aromatic heterocycles. The Morgan fingerprint density at radius 3 is 2.94 bits per heavy atom. The van der Waals surface area contributed by atoms with E-state index in [0.717, 1.165) is 0 Å². The summed E-state index contributed by atoms with van der Waals surface area (Å²) in [6, 6.07) is 0. The Hall–Kier alpha value is -1.76. The maximum Gasteiger partial charge on any atom is 0.332 e. The number of carbonyl (C=O) groups excluding carboxylic acids is 2. The molecule has 0 spiro atoms. The number of hydrogen-bond acceptors (Lipinski definition) is 3. The Balaban J connectivity index is 2.68. The maximum atomic E-state index is 11.6. The van der Waals surface area contributed by atoms with Gasteiger partial charge in [-0.15, -0.1) is 12.3 Å². The quantitative estimate of drug-likeness (QED) is 0.405. The van der Waals surface area contributed by atoms with Crippen molar-refractivity contribution in [3.05, 3.63) is 11.8 Å². The van der Waals surface area contributed by atoms with E-state index in [4.69, 9.17) is 11.2 Å². The molecule has 0 aromatic rings. The van der Waals surface area contributed by atoms with E-state index in [1.165, 1.54) is 11.0 Å². The van der Waals surface area contributed by atoms with Crippen LogP contribution in [-0.4, -0.2) is 29.9 Å². The summed E-state index contributed by atoms with van der Waals surface area (Å²) in [7, 11) is 0. The SMILES string of the molecule is C#CC1CC(=O)N(C(C)=CC(=O)OCC)C1. The first kappa shape index (κ1) is 12.3. The summed E-state index contributed by atoms with van der Waals surface area (Å²) in [5.41, 5.74) is 0.584. The average Bonchev–Trinajstić information content (AvgIpc) is 2.60. The van der Waals surface area contributed by atoms with E-state index < -0.39 is 5.97 Å². The van der Waals surface area contributed by atoms with Gasteiger partial charge in [0.2, 0.25) is 5.91 Å². The molecule has 1 aliphatic rings. The number of amides is 1. The zero-order valence-electron chi connectivity index (χ0n) is 9.53. The van der Waals surface area contributed by atoms with Crippen LogP contribution in [0, 0.1) is 18.3 Å². The van der Waals surface area contributed by atoms with Gasteiger partial charge in [-0.1, -0.05) is 0 Å². The van der Waals surface area contributed by atoms with Crippen molar-refractivity contribution in [2.75, 3.05) is 13.2 Å². The molecule has 0 N–H and O–H groups in total. The van der Waals surface area contributed by atoms with Crippen molar-refractivity contribution < 1.29 is 14.3 Å². The number of ether oxygens (including phenoxy) is 1. The smallest absolute Gasteiger partial charge is 0.332 e. The van der Waals surface area contributed by atoms with Crippen molar-refractivity contribution in [1.82, 2.24) is 4.90 Å². The van der Waals surface area contributed by atoms with Gasteiger partial charge in [0, 0.05) is 30.7 Å². The molecule has 4 nitrogen and oxygen atoms in total. The molecule has 16 heavy (non-hydrogen) atoms. The van der Waals surface area contributed by atoms with Gasteiger partial charge in [0.15, 0.2) is 0 Å². The topological polar surface area (TPSA) is 46.6 Å². The second kappa shape index (κ2) is 5.36. The Labute approximate surface area is 95.3 Å². The Morgan fingerprint density at radius 2 is 2.44 bits per heavy atom. The molecule has 86 valence electrons. The summed E-state index contributed by atoms with van der Waals surface area (Å²) < 4.78 is 4.77. The molecule has 1 atom stereocenters. The van der Waals surface area contributed by atoms with Crippen LogP contribution < -0.4 is 0 Å². The van der Waals surface area contributed by atoms with Gasteiger partial charge in [-0.25, -0.2) is 4.79 Å². The highest BCUT2D eigenvalue weighted by molar-refractivity contribution is 5.86. The Kier molecular flexibility index (Phi) is 4.12. The molecule has 1 amide bonds. The van der Waals surface area contributed by atoms with E-state index in [0.29, 0.717) is 25.3 Å². The third kappa shape index (κ3) is 2.86. The molecule has 0 saturated carbocycles. The minimum absolute atomic E-state index is 0.0407.